The average Bonchev–Trinajstić information content (AvgIpc) is 2.80. The largest absolute Gasteiger partial charge is 0.483 e. The zero-order valence-corrected chi connectivity index (χ0v) is 17.8. The van der Waals surface area contributed by atoms with E-state index in [1.54, 1.807) is 48.5 Å². The van der Waals surface area contributed by atoms with Gasteiger partial charge in [0, 0.05) is 22.0 Å². The van der Waals surface area contributed by atoms with E-state index >= 15 is 0 Å². The van der Waals surface area contributed by atoms with Gasteiger partial charge in [-0.25, -0.2) is 9.82 Å². The Labute approximate surface area is 193 Å². The highest BCUT2D eigenvalue weighted by atomic mass is 35.5. The fourth-order valence-corrected chi connectivity index (χ4v) is 2.75. The van der Waals surface area contributed by atoms with Crippen LogP contribution in [0.15, 0.2) is 77.9 Å². The topological polar surface area (TPSA) is 109 Å². The maximum Gasteiger partial charge on any atom is 0.329 e. The number of hydrogen-bond donors (Lipinski definition) is 3. The van der Waals surface area contributed by atoms with Crippen LogP contribution in [0.3, 0.4) is 0 Å². The normalized spacial score (nSPS) is 10.5. The minimum atomic E-state index is -1.02. The first-order chi connectivity index (χ1) is 15.9. The van der Waals surface area contributed by atoms with Crippen LogP contribution in [-0.2, 0) is 14.4 Å². The van der Waals surface area contributed by atoms with Crippen LogP contribution in [0.25, 0.3) is 0 Å². The zero-order valence-electron chi connectivity index (χ0n) is 17.0. The van der Waals surface area contributed by atoms with Crippen molar-refractivity contribution in [2.24, 2.45) is 5.10 Å². The third-order valence-electron chi connectivity index (χ3n) is 4.06. The van der Waals surface area contributed by atoms with Crippen LogP contribution in [0.1, 0.15) is 5.56 Å². The molecule has 10 heteroatoms. The van der Waals surface area contributed by atoms with Crippen molar-refractivity contribution < 1.29 is 23.5 Å². The molecule has 0 saturated carbocycles. The number of anilines is 2. The lowest BCUT2D eigenvalue weighted by Gasteiger charge is -2.09. The van der Waals surface area contributed by atoms with Crippen molar-refractivity contribution in [1.82, 2.24) is 5.43 Å². The second kappa shape index (κ2) is 11.4. The highest BCUT2D eigenvalue weighted by Crippen LogP contribution is 2.17. The van der Waals surface area contributed by atoms with E-state index in [0.717, 1.165) is 12.1 Å². The summed E-state index contributed by atoms with van der Waals surface area (Å²) in [6.07, 6.45) is 1.27. The molecule has 0 fully saturated rings. The minimum absolute atomic E-state index is 0.260. The third-order valence-corrected chi connectivity index (χ3v) is 4.30. The van der Waals surface area contributed by atoms with Crippen LogP contribution in [-0.4, -0.2) is 30.5 Å². The summed E-state index contributed by atoms with van der Waals surface area (Å²) in [7, 11) is 0. The van der Waals surface area contributed by atoms with Gasteiger partial charge in [-0.1, -0.05) is 29.8 Å². The molecule has 3 aromatic rings. The lowest BCUT2D eigenvalue weighted by molar-refractivity contribution is -0.136. The number of rotatable bonds is 7. The van der Waals surface area contributed by atoms with E-state index in [9.17, 15) is 18.8 Å². The quantitative estimate of drug-likeness (QED) is 0.280. The molecule has 0 unspecified atom stereocenters. The summed E-state index contributed by atoms with van der Waals surface area (Å²) in [5.41, 5.74) is 3.35. The monoisotopic (exact) mass is 468 g/mol. The highest BCUT2D eigenvalue weighted by molar-refractivity contribution is 6.39. The van der Waals surface area contributed by atoms with Crippen LogP contribution in [0.5, 0.6) is 5.75 Å². The third kappa shape index (κ3) is 7.44. The van der Waals surface area contributed by atoms with Crippen LogP contribution in [0, 0.1) is 5.82 Å². The summed E-state index contributed by atoms with van der Waals surface area (Å²) < 4.78 is 18.4. The van der Waals surface area contributed by atoms with Gasteiger partial charge >= 0.3 is 11.8 Å². The number of carbonyl (C=O) groups excluding carboxylic acids is 3. The molecule has 8 nitrogen and oxygen atoms in total. The number of amides is 3. The van der Waals surface area contributed by atoms with Gasteiger partial charge in [-0.2, -0.15) is 5.10 Å². The summed E-state index contributed by atoms with van der Waals surface area (Å²) in [6, 6.07) is 18.3. The molecule has 3 amide bonds. The van der Waals surface area contributed by atoms with Gasteiger partial charge in [-0.05, 0) is 54.6 Å². The van der Waals surface area contributed by atoms with E-state index < -0.39 is 23.5 Å². The summed E-state index contributed by atoms with van der Waals surface area (Å²) in [5.74, 6) is -2.51. The molecular weight excluding hydrogens is 451 g/mol. The molecule has 0 heterocycles. The van der Waals surface area contributed by atoms with Gasteiger partial charge < -0.3 is 15.4 Å². The summed E-state index contributed by atoms with van der Waals surface area (Å²) in [5, 5.41) is 9.21. The number of ether oxygens (including phenoxy) is 1. The number of nitrogens with zero attached hydrogens (tertiary/aromatic N) is 1. The molecule has 0 aliphatic carbocycles. The standard InChI is InChI=1S/C23H18ClFN4O4/c24-16-5-3-6-19(12-16)27-21(30)14-33-20-7-2-1-4-15(20)13-26-29-23(32)22(31)28-18-10-8-17(25)9-11-18/h1-13H,14H2,(H,27,30)(H,28,31)(H,29,32)/b26-13-. The van der Waals surface area contributed by atoms with Crippen LogP contribution >= 0.6 is 11.6 Å². The van der Waals surface area contributed by atoms with E-state index in [1.807, 2.05) is 0 Å². The number of carbonyl (C=O) groups is 3. The van der Waals surface area contributed by atoms with Crippen molar-refractivity contribution in [2.45, 2.75) is 0 Å². The second-order valence-corrected chi connectivity index (χ2v) is 6.98. The van der Waals surface area contributed by atoms with E-state index in [2.05, 4.69) is 21.2 Å². The Morgan fingerprint density at radius 3 is 2.42 bits per heavy atom. The summed E-state index contributed by atoms with van der Waals surface area (Å²) >= 11 is 5.89. The molecule has 0 bridgehead atoms. The highest BCUT2D eigenvalue weighted by Gasteiger charge is 2.13. The van der Waals surface area contributed by atoms with Crippen LogP contribution < -0.4 is 20.8 Å². The fraction of sp³-hybridized carbons (Fsp3) is 0.0435. The maximum absolute atomic E-state index is 12.9. The first kappa shape index (κ1) is 23.4. The van der Waals surface area contributed by atoms with Crippen molar-refractivity contribution >= 4 is 46.9 Å². The Hall–Kier alpha value is -4.24. The molecule has 0 aliphatic rings. The number of nitrogens with one attached hydrogen (secondary N) is 3. The first-order valence-corrected chi connectivity index (χ1v) is 9.96. The van der Waals surface area contributed by atoms with Gasteiger partial charge in [0.2, 0.25) is 0 Å². The molecule has 168 valence electrons. The summed E-state index contributed by atoms with van der Waals surface area (Å²) in [4.78, 5) is 35.9. The first-order valence-electron chi connectivity index (χ1n) is 9.58. The minimum Gasteiger partial charge on any atom is -0.483 e. The Bertz CT molecular complexity index is 1190. The lowest BCUT2D eigenvalue weighted by atomic mass is 10.2. The number of halogens is 2. The number of benzene rings is 3. The molecule has 0 atom stereocenters. The van der Waals surface area contributed by atoms with Gasteiger partial charge in [0.05, 0.1) is 6.21 Å². The molecule has 0 aromatic heterocycles. The average molecular weight is 469 g/mol. The van der Waals surface area contributed by atoms with E-state index in [1.165, 1.54) is 18.3 Å². The molecular formula is C23H18ClFN4O4. The Morgan fingerprint density at radius 2 is 1.67 bits per heavy atom. The van der Waals surface area contributed by atoms with Gasteiger partial charge in [0.25, 0.3) is 5.91 Å². The van der Waals surface area contributed by atoms with Crippen LogP contribution in [0.4, 0.5) is 15.8 Å². The molecule has 0 spiro atoms. The van der Waals surface area contributed by atoms with Crippen LogP contribution in [0.2, 0.25) is 5.02 Å². The molecule has 0 saturated heterocycles. The predicted octanol–water partition coefficient (Wildman–Crippen LogP) is 3.59. The van der Waals surface area contributed by atoms with Crippen molar-refractivity contribution in [3.05, 3.63) is 89.2 Å². The molecule has 0 aliphatic heterocycles. The maximum atomic E-state index is 12.9. The SMILES string of the molecule is O=C(COc1ccccc1/C=N\NC(=O)C(=O)Nc1ccc(F)cc1)Nc1cccc(Cl)c1. The van der Waals surface area contributed by atoms with Gasteiger partial charge in [-0.15, -0.1) is 0 Å². The smallest absolute Gasteiger partial charge is 0.329 e. The van der Waals surface area contributed by atoms with Gasteiger partial charge in [0.1, 0.15) is 11.6 Å². The zero-order chi connectivity index (χ0) is 23.6. The lowest BCUT2D eigenvalue weighted by Crippen LogP contribution is -2.32. The van der Waals surface area contributed by atoms with Crippen molar-refractivity contribution in [2.75, 3.05) is 17.2 Å². The summed E-state index contributed by atoms with van der Waals surface area (Å²) in [6.45, 7) is -0.274. The van der Waals surface area contributed by atoms with Gasteiger partial charge in [-0.3, -0.25) is 14.4 Å². The number of hydrogen-bond acceptors (Lipinski definition) is 5. The van der Waals surface area contributed by atoms with Crippen molar-refractivity contribution in [1.29, 1.82) is 0 Å². The van der Waals surface area contributed by atoms with Crippen molar-refractivity contribution in [3.63, 3.8) is 0 Å². The van der Waals surface area contributed by atoms with E-state index in [0.29, 0.717) is 22.0 Å². The number of para-hydroxylation sites is 1. The molecule has 3 rings (SSSR count). The van der Waals surface area contributed by atoms with E-state index in [-0.39, 0.29) is 12.3 Å². The van der Waals surface area contributed by atoms with Gasteiger partial charge in [0.15, 0.2) is 6.61 Å². The molecule has 33 heavy (non-hydrogen) atoms. The Balaban J connectivity index is 1.52. The molecule has 3 N–H and O–H groups in total. The van der Waals surface area contributed by atoms with E-state index in [4.69, 9.17) is 16.3 Å². The molecule has 3 aromatic carbocycles. The fourth-order valence-electron chi connectivity index (χ4n) is 2.56. The number of hydrazone groups is 1. The Kier molecular flexibility index (Phi) is 8.09. The van der Waals surface area contributed by atoms with Crippen molar-refractivity contribution in [3.8, 4) is 5.75 Å². The second-order valence-electron chi connectivity index (χ2n) is 6.55. The molecule has 0 radical (unpaired) electrons. The Morgan fingerprint density at radius 1 is 0.909 bits per heavy atom. The predicted molar refractivity (Wildman–Crippen MR) is 123 cm³/mol.